The predicted molar refractivity (Wildman–Crippen MR) is 58.3 cm³/mol. The van der Waals surface area contributed by atoms with Crippen LogP contribution >= 0.6 is 11.6 Å². The van der Waals surface area contributed by atoms with Crippen LogP contribution in [0.3, 0.4) is 0 Å². The summed E-state index contributed by atoms with van der Waals surface area (Å²) in [6, 6.07) is 4.48. The second-order valence-corrected chi connectivity index (χ2v) is 3.89. The molecule has 0 amide bonds. The predicted octanol–water partition coefficient (Wildman–Crippen LogP) is 2.26. The van der Waals surface area contributed by atoms with E-state index in [1.165, 1.54) is 12.1 Å². The fourth-order valence-electron chi connectivity index (χ4n) is 1.31. The summed E-state index contributed by atoms with van der Waals surface area (Å²) in [5, 5.41) is 0.526. The first kappa shape index (κ1) is 11.3. The smallest absolute Gasteiger partial charge is 0.146 e. The average Bonchev–Trinajstić information content (AvgIpc) is 2.08. The number of nitrogens with zero attached hydrogens (tertiary/aromatic N) is 1. The number of anilines is 1. The zero-order chi connectivity index (χ0) is 10.7. The van der Waals surface area contributed by atoms with Gasteiger partial charge in [-0.15, -0.1) is 0 Å². The van der Waals surface area contributed by atoms with Crippen LogP contribution in [0.2, 0.25) is 5.02 Å². The summed E-state index contributed by atoms with van der Waals surface area (Å²) in [6.45, 7) is 2.47. The van der Waals surface area contributed by atoms with Crippen molar-refractivity contribution in [2.75, 3.05) is 18.5 Å². The normalized spacial score (nSPS) is 12.6. The van der Waals surface area contributed by atoms with Crippen LogP contribution < -0.4 is 10.6 Å². The molecule has 0 saturated heterocycles. The molecule has 1 aromatic carbocycles. The molecular weight excluding hydrogens is 203 g/mol. The molecule has 1 atom stereocenters. The van der Waals surface area contributed by atoms with Gasteiger partial charge in [0.05, 0.1) is 5.69 Å². The summed E-state index contributed by atoms with van der Waals surface area (Å²) in [4.78, 5) is 1.76. The summed E-state index contributed by atoms with van der Waals surface area (Å²) in [7, 11) is 1.79. The molecule has 0 fully saturated rings. The molecule has 0 saturated carbocycles. The fraction of sp³-hybridized carbons (Fsp3) is 0.400. The summed E-state index contributed by atoms with van der Waals surface area (Å²) >= 11 is 5.77. The van der Waals surface area contributed by atoms with E-state index in [2.05, 4.69) is 0 Å². The van der Waals surface area contributed by atoms with Crippen LogP contribution in [0.25, 0.3) is 0 Å². The maximum Gasteiger partial charge on any atom is 0.146 e. The third-order valence-corrected chi connectivity index (χ3v) is 2.12. The number of hydrogen-bond donors (Lipinski definition) is 1. The Morgan fingerprint density at radius 3 is 2.79 bits per heavy atom. The molecule has 1 rings (SSSR count). The third kappa shape index (κ3) is 2.86. The highest BCUT2D eigenvalue weighted by Gasteiger charge is 2.09. The third-order valence-electron chi connectivity index (χ3n) is 1.88. The Labute approximate surface area is 88.5 Å². The Hall–Kier alpha value is -0.800. The fourth-order valence-corrected chi connectivity index (χ4v) is 1.48. The van der Waals surface area contributed by atoms with Gasteiger partial charge in [-0.1, -0.05) is 11.6 Å². The van der Waals surface area contributed by atoms with Crippen LogP contribution in [0.4, 0.5) is 10.1 Å². The van der Waals surface area contributed by atoms with Crippen LogP contribution in [0.1, 0.15) is 6.92 Å². The molecule has 0 aliphatic rings. The van der Waals surface area contributed by atoms with Crippen molar-refractivity contribution in [2.24, 2.45) is 5.73 Å². The Kier molecular flexibility index (Phi) is 3.72. The van der Waals surface area contributed by atoms with Crippen LogP contribution in [0, 0.1) is 5.82 Å². The van der Waals surface area contributed by atoms with Crippen LogP contribution in [0.15, 0.2) is 18.2 Å². The highest BCUT2D eigenvalue weighted by molar-refractivity contribution is 6.30. The van der Waals surface area contributed by atoms with E-state index >= 15 is 0 Å². The van der Waals surface area contributed by atoms with E-state index in [4.69, 9.17) is 17.3 Å². The van der Waals surface area contributed by atoms with E-state index < -0.39 is 0 Å². The first-order valence-electron chi connectivity index (χ1n) is 4.42. The van der Waals surface area contributed by atoms with Crippen molar-refractivity contribution < 1.29 is 4.39 Å². The topological polar surface area (TPSA) is 29.3 Å². The molecule has 2 N–H and O–H groups in total. The molecule has 1 unspecified atom stereocenters. The van der Waals surface area contributed by atoms with E-state index in [0.29, 0.717) is 17.3 Å². The van der Waals surface area contributed by atoms with Gasteiger partial charge in [-0.25, -0.2) is 4.39 Å². The van der Waals surface area contributed by atoms with Crippen LogP contribution in [0.5, 0.6) is 0 Å². The number of nitrogens with two attached hydrogens (primary N) is 1. The van der Waals surface area contributed by atoms with Gasteiger partial charge in [-0.2, -0.15) is 0 Å². The van der Waals surface area contributed by atoms with E-state index in [9.17, 15) is 4.39 Å². The van der Waals surface area contributed by atoms with Crippen molar-refractivity contribution >= 4 is 17.3 Å². The van der Waals surface area contributed by atoms with E-state index in [1.807, 2.05) is 6.92 Å². The first-order valence-corrected chi connectivity index (χ1v) is 4.80. The lowest BCUT2D eigenvalue weighted by molar-refractivity contribution is 0.616. The minimum atomic E-state index is -0.280. The second-order valence-electron chi connectivity index (χ2n) is 3.45. The van der Waals surface area contributed by atoms with Crippen molar-refractivity contribution in [3.8, 4) is 0 Å². The molecule has 4 heteroatoms. The standard InChI is InChI=1S/C10H14ClFN2/c1-7(13)6-14(2)10-5-8(11)3-4-9(10)12/h3-5,7H,6,13H2,1-2H3. The van der Waals surface area contributed by atoms with E-state index in [1.54, 1.807) is 18.0 Å². The monoisotopic (exact) mass is 216 g/mol. The molecule has 0 bridgehead atoms. The molecule has 0 aliphatic carbocycles. The maximum absolute atomic E-state index is 13.3. The maximum atomic E-state index is 13.3. The summed E-state index contributed by atoms with van der Waals surface area (Å²) in [5.41, 5.74) is 6.10. The van der Waals surface area contributed by atoms with Gasteiger partial charge in [-0.05, 0) is 25.1 Å². The lowest BCUT2D eigenvalue weighted by atomic mass is 10.2. The van der Waals surface area contributed by atoms with Gasteiger partial charge in [0.2, 0.25) is 0 Å². The molecule has 0 spiro atoms. The minimum absolute atomic E-state index is 0.00150. The molecule has 1 aromatic rings. The van der Waals surface area contributed by atoms with Gasteiger partial charge in [-0.3, -0.25) is 0 Å². The van der Waals surface area contributed by atoms with Crippen LogP contribution in [-0.4, -0.2) is 19.6 Å². The Morgan fingerprint density at radius 2 is 2.21 bits per heavy atom. The molecule has 0 aliphatic heterocycles. The van der Waals surface area contributed by atoms with Gasteiger partial charge >= 0.3 is 0 Å². The molecule has 78 valence electrons. The molecule has 0 heterocycles. The van der Waals surface area contributed by atoms with Gasteiger partial charge in [0.25, 0.3) is 0 Å². The quantitative estimate of drug-likeness (QED) is 0.840. The summed E-state index contributed by atoms with van der Waals surface area (Å²) in [6.07, 6.45) is 0. The van der Waals surface area contributed by atoms with Crippen molar-refractivity contribution in [1.82, 2.24) is 0 Å². The molecular formula is C10H14ClFN2. The van der Waals surface area contributed by atoms with Gasteiger partial charge < -0.3 is 10.6 Å². The largest absolute Gasteiger partial charge is 0.371 e. The van der Waals surface area contributed by atoms with Crippen molar-refractivity contribution in [2.45, 2.75) is 13.0 Å². The highest BCUT2D eigenvalue weighted by Crippen LogP contribution is 2.22. The minimum Gasteiger partial charge on any atom is -0.371 e. The zero-order valence-electron chi connectivity index (χ0n) is 8.30. The molecule has 2 nitrogen and oxygen atoms in total. The Balaban J connectivity index is 2.88. The van der Waals surface area contributed by atoms with Gasteiger partial charge in [0.1, 0.15) is 5.82 Å². The first-order chi connectivity index (χ1) is 6.50. The summed E-state index contributed by atoms with van der Waals surface area (Å²) in [5.74, 6) is -0.280. The lowest BCUT2D eigenvalue weighted by Crippen LogP contribution is -2.33. The Bertz CT molecular complexity index is 315. The Morgan fingerprint density at radius 1 is 1.57 bits per heavy atom. The van der Waals surface area contributed by atoms with Crippen molar-refractivity contribution in [1.29, 1.82) is 0 Å². The number of benzene rings is 1. The molecule has 0 radical (unpaired) electrons. The van der Waals surface area contributed by atoms with Gasteiger partial charge in [0, 0.05) is 24.7 Å². The highest BCUT2D eigenvalue weighted by atomic mass is 35.5. The summed E-state index contributed by atoms with van der Waals surface area (Å²) < 4.78 is 13.3. The lowest BCUT2D eigenvalue weighted by Gasteiger charge is -2.21. The molecule has 0 aromatic heterocycles. The van der Waals surface area contributed by atoms with E-state index in [-0.39, 0.29) is 11.9 Å². The van der Waals surface area contributed by atoms with E-state index in [0.717, 1.165) is 0 Å². The SMILES string of the molecule is CC(N)CN(C)c1cc(Cl)ccc1F. The number of rotatable bonds is 3. The number of hydrogen-bond acceptors (Lipinski definition) is 2. The second kappa shape index (κ2) is 4.62. The van der Waals surface area contributed by atoms with Crippen molar-refractivity contribution in [3.05, 3.63) is 29.0 Å². The van der Waals surface area contributed by atoms with Crippen molar-refractivity contribution in [3.63, 3.8) is 0 Å². The molecule has 14 heavy (non-hydrogen) atoms. The van der Waals surface area contributed by atoms with Gasteiger partial charge in [0.15, 0.2) is 0 Å². The number of halogens is 2. The van der Waals surface area contributed by atoms with Crippen LogP contribution in [-0.2, 0) is 0 Å². The average molecular weight is 217 g/mol. The number of likely N-dealkylation sites (N-methyl/N-ethyl adjacent to an activating group) is 1. The zero-order valence-corrected chi connectivity index (χ0v) is 9.05.